The van der Waals surface area contributed by atoms with Crippen molar-refractivity contribution in [1.29, 1.82) is 10.7 Å². The van der Waals surface area contributed by atoms with E-state index in [1.807, 2.05) is 23.3 Å². The maximum atomic E-state index is 9.16. The van der Waals surface area contributed by atoms with Crippen molar-refractivity contribution in [1.82, 2.24) is 20.1 Å². The predicted octanol–water partition coefficient (Wildman–Crippen LogP) is 2.50. The molecule has 6 nitrogen and oxygen atoms in total. The maximum Gasteiger partial charge on any atom is 0.100 e. The summed E-state index contributed by atoms with van der Waals surface area (Å²) >= 11 is 0. The lowest BCUT2D eigenvalue weighted by molar-refractivity contribution is 0.160. The summed E-state index contributed by atoms with van der Waals surface area (Å²) in [5.41, 5.74) is 5.26. The van der Waals surface area contributed by atoms with Gasteiger partial charge in [-0.15, -0.1) is 0 Å². The van der Waals surface area contributed by atoms with Gasteiger partial charge in [-0.05, 0) is 19.8 Å². The summed E-state index contributed by atoms with van der Waals surface area (Å²) in [7, 11) is 0. The second-order valence-corrected chi connectivity index (χ2v) is 6.81. The molecule has 1 aliphatic carbocycles. The van der Waals surface area contributed by atoms with Crippen molar-refractivity contribution in [3.63, 3.8) is 0 Å². The first kappa shape index (κ1) is 15.7. The minimum Gasteiger partial charge on any atom is -0.312 e. The van der Waals surface area contributed by atoms with Crippen LogP contribution in [0.1, 0.15) is 36.6 Å². The van der Waals surface area contributed by atoms with E-state index in [0.29, 0.717) is 12.1 Å². The van der Waals surface area contributed by atoms with E-state index >= 15 is 0 Å². The number of aromatic nitrogens is 3. The van der Waals surface area contributed by atoms with E-state index in [0.717, 1.165) is 53.9 Å². The van der Waals surface area contributed by atoms with E-state index in [4.69, 9.17) is 10.7 Å². The molecule has 1 saturated heterocycles. The van der Waals surface area contributed by atoms with Crippen LogP contribution in [0.2, 0.25) is 0 Å². The molecule has 0 atom stereocenters. The smallest absolute Gasteiger partial charge is 0.100 e. The highest BCUT2D eigenvalue weighted by atomic mass is 15.4. The highest BCUT2D eigenvalue weighted by molar-refractivity contribution is 6.04. The van der Waals surface area contributed by atoms with Crippen LogP contribution in [-0.2, 0) is 12.0 Å². The predicted molar refractivity (Wildman–Crippen MR) is 96.4 cm³/mol. The molecule has 2 aromatic rings. The number of hydrogen-bond donors (Lipinski definition) is 2. The normalized spacial score (nSPS) is 17.4. The van der Waals surface area contributed by atoms with Gasteiger partial charge in [-0.1, -0.05) is 12.2 Å². The molecule has 0 bridgehead atoms. The molecule has 126 valence electrons. The second-order valence-electron chi connectivity index (χ2n) is 6.81. The Hall–Kier alpha value is -2.78. The summed E-state index contributed by atoms with van der Waals surface area (Å²) in [5, 5.41) is 25.1. The van der Waals surface area contributed by atoms with E-state index in [-0.39, 0.29) is 5.54 Å². The lowest BCUT2D eigenvalue weighted by Gasteiger charge is -2.41. The molecule has 0 aromatic carbocycles. The molecule has 1 fully saturated rings. The number of nitriles is 1. The average Bonchev–Trinajstić information content (AvgIpc) is 3.06. The zero-order chi connectivity index (χ0) is 17.4. The van der Waals surface area contributed by atoms with E-state index in [2.05, 4.69) is 33.6 Å². The molecule has 0 spiro atoms. The molecule has 2 aromatic heterocycles. The molecule has 0 saturated carbocycles. The summed E-state index contributed by atoms with van der Waals surface area (Å²) in [5.74, 6) is 0. The van der Waals surface area contributed by atoms with Crippen LogP contribution >= 0.6 is 0 Å². The van der Waals surface area contributed by atoms with Crippen molar-refractivity contribution in [2.24, 2.45) is 0 Å². The van der Waals surface area contributed by atoms with Crippen molar-refractivity contribution >= 4 is 11.8 Å². The molecule has 1 aliphatic heterocycles. The van der Waals surface area contributed by atoms with E-state index < -0.39 is 0 Å². The first-order chi connectivity index (χ1) is 12.1. The van der Waals surface area contributed by atoms with Crippen LogP contribution in [-0.4, -0.2) is 33.6 Å². The van der Waals surface area contributed by atoms with Crippen LogP contribution in [0.15, 0.2) is 24.7 Å². The van der Waals surface area contributed by atoms with E-state index in [1.165, 1.54) is 0 Å². The molecule has 2 N–H and O–H groups in total. The van der Waals surface area contributed by atoms with Crippen LogP contribution in [0, 0.1) is 16.7 Å². The minimum atomic E-state index is -0.254. The molecule has 3 heterocycles. The van der Waals surface area contributed by atoms with Gasteiger partial charge in [0.1, 0.15) is 5.54 Å². The van der Waals surface area contributed by atoms with Gasteiger partial charge >= 0.3 is 0 Å². The number of pyridine rings is 1. The van der Waals surface area contributed by atoms with Gasteiger partial charge in [-0.3, -0.25) is 9.67 Å². The summed E-state index contributed by atoms with van der Waals surface area (Å²) in [6.45, 7) is 3.30. The molecule has 25 heavy (non-hydrogen) atoms. The SMILES string of the molecule is CC(=N)c1cnc2c(c1-c1cnn(C3(CC#N)CNC3)c1)C=CCC2. The molecule has 6 heteroatoms. The number of nitrogens with one attached hydrogen (secondary N) is 2. The van der Waals surface area contributed by atoms with Crippen molar-refractivity contribution < 1.29 is 0 Å². The number of hydrogen-bond acceptors (Lipinski definition) is 5. The molecule has 0 amide bonds. The Bertz CT molecular complexity index is 910. The molecule has 4 rings (SSSR count). The molecule has 0 unspecified atom stereocenters. The molecular weight excluding hydrogens is 312 g/mol. The standard InChI is InChI=1S/C19H20N6/c1-13(21)16-9-23-17-5-3-2-4-15(17)18(16)14-8-24-25(10-14)19(6-7-20)11-22-12-19/h2,4,8-10,21-22H,3,5-6,11-12H2,1H3. The summed E-state index contributed by atoms with van der Waals surface area (Å²) in [6.07, 6.45) is 12.3. The van der Waals surface area contributed by atoms with Crippen LogP contribution < -0.4 is 5.32 Å². The lowest BCUT2D eigenvalue weighted by atomic mass is 9.88. The minimum absolute atomic E-state index is 0.254. The quantitative estimate of drug-likeness (QED) is 0.842. The Morgan fingerprint density at radius 3 is 2.96 bits per heavy atom. The van der Waals surface area contributed by atoms with Gasteiger partial charge < -0.3 is 10.7 Å². The van der Waals surface area contributed by atoms with Crippen molar-refractivity contribution in [3.8, 4) is 17.2 Å². The monoisotopic (exact) mass is 332 g/mol. The van der Waals surface area contributed by atoms with Gasteiger partial charge in [0.05, 0.1) is 18.7 Å². The third kappa shape index (κ3) is 2.48. The van der Waals surface area contributed by atoms with Crippen LogP contribution in [0.5, 0.6) is 0 Å². The second kappa shape index (κ2) is 5.94. The van der Waals surface area contributed by atoms with Crippen LogP contribution in [0.4, 0.5) is 0 Å². The Balaban J connectivity index is 1.85. The third-order valence-corrected chi connectivity index (χ3v) is 5.11. The Morgan fingerprint density at radius 2 is 2.28 bits per heavy atom. The maximum absolute atomic E-state index is 9.16. The fourth-order valence-electron chi connectivity index (χ4n) is 3.60. The van der Waals surface area contributed by atoms with Gasteiger partial charge in [0.2, 0.25) is 0 Å². The van der Waals surface area contributed by atoms with Crippen molar-refractivity contribution in [3.05, 3.63) is 41.5 Å². The van der Waals surface area contributed by atoms with E-state index in [9.17, 15) is 0 Å². The summed E-state index contributed by atoms with van der Waals surface area (Å²) in [4.78, 5) is 4.57. The Morgan fingerprint density at radius 1 is 1.44 bits per heavy atom. The zero-order valence-electron chi connectivity index (χ0n) is 14.2. The highest BCUT2D eigenvalue weighted by Crippen LogP contribution is 2.34. The highest BCUT2D eigenvalue weighted by Gasteiger charge is 2.39. The van der Waals surface area contributed by atoms with Gasteiger partial charge in [-0.25, -0.2) is 0 Å². The van der Waals surface area contributed by atoms with Gasteiger partial charge in [0, 0.05) is 59.1 Å². The van der Waals surface area contributed by atoms with Crippen LogP contribution in [0.3, 0.4) is 0 Å². The van der Waals surface area contributed by atoms with E-state index in [1.54, 1.807) is 6.92 Å². The number of allylic oxidation sites excluding steroid dienone is 1. The van der Waals surface area contributed by atoms with Crippen molar-refractivity contribution in [2.75, 3.05) is 13.1 Å². The third-order valence-electron chi connectivity index (χ3n) is 5.11. The fraction of sp³-hybridized carbons (Fsp3) is 0.368. The van der Waals surface area contributed by atoms with Gasteiger partial charge in [0.15, 0.2) is 0 Å². The fourth-order valence-corrected chi connectivity index (χ4v) is 3.60. The zero-order valence-corrected chi connectivity index (χ0v) is 14.2. The van der Waals surface area contributed by atoms with Crippen molar-refractivity contribution in [2.45, 2.75) is 31.7 Å². The molecule has 0 radical (unpaired) electrons. The van der Waals surface area contributed by atoms with Gasteiger partial charge in [0.25, 0.3) is 0 Å². The number of rotatable bonds is 4. The average molecular weight is 332 g/mol. The summed E-state index contributed by atoms with van der Waals surface area (Å²) in [6, 6.07) is 2.28. The molecule has 2 aliphatic rings. The summed E-state index contributed by atoms with van der Waals surface area (Å²) < 4.78 is 1.92. The Kier molecular flexibility index (Phi) is 3.74. The number of nitrogens with zero attached hydrogens (tertiary/aromatic N) is 4. The van der Waals surface area contributed by atoms with Gasteiger partial charge in [-0.2, -0.15) is 10.4 Å². The molecular formula is C19H20N6. The largest absolute Gasteiger partial charge is 0.312 e. The van der Waals surface area contributed by atoms with Crippen LogP contribution in [0.25, 0.3) is 17.2 Å². The number of fused-ring (bicyclic) bond motifs is 1. The first-order valence-electron chi connectivity index (χ1n) is 8.52. The Labute approximate surface area is 146 Å². The topological polar surface area (TPSA) is 90.4 Å². The first-order valence-corrected chi connectivity index (χ1v) is 8.52. The number of aryl methyl sites for hydroxylation is 1. The lowest BCUT2D eigenvalue weighted by Crippen LogP contribution is -2.60.